The number of ether oxygens (including phenoxy) is 3. The summed E-state index contributed by atoms with van der Waals surface area (Å²) in [5.41, 5.74) is 1.18. The molecule has 0 spiro atoms. The molecule has 2 aromatic carbocycles. The van der Waals surface area contributed by atoms with Gasteiger partial charge in [0.25, 0.3) is 11.8 Å². The summed E-state index contributed by atoms with van der Waals surface area (Å²) in [5.74, 6) is 0.00618. The number of amides is 2. The van der Waals surface area contributed by atoms with Crippen molar-refractivity contribution in [3.8, 4) is 11.5 Å². The summed E-state index contributed by atoms with van der Waals surface area (Å²) in [4.78, 5) is 38.0. The van der Waals surface area contributed by atoms with E-state index in [2.05, 4.69) is 5.32 Å². The lowest BCUT2D eigenvalue weighted by molar-refractivity contribution is -0.153. The monoisotopic (exact) mass is 398 g/mol. The number of fused-ring (bicyclic) bond motifs is 1. The lowest BCUT2D eigenvalue weighted by Gasteiger charge is -2.29. The number of rotatable bonds is 7. The van der Waals surface area contributed by atoms with Crippen LogP contribution in [0, 0.1) is 0 Å². The van der Waals surface area contributed by atoms with Gasteiger partial charge in [-0.3, -0.25) is 14.4 Å². The molecule has 2 amide bonds. The molecule has 0 aliphatic carbocycles. The fourth-order valence-corrected chi connectivity index (χ4v) is 2.83. The van der Waals surface area contributed by atoms with Crippen LogP contribution in [-0.4, -0.2) is 44.1 Å². The Bertz CT molecular complexity index is 896. The maximum Gasteiger partial charge on any atom is 0.308 e. The van der Waals surface area contributed by atoms with E-state index in [9.17, 15) is 14.4 Å². The van der Waals surface area contributed by atoms with E-state index in [1.807, 2.05) is 6.07 Å². The van der Waals surface area contributed by atoms with Gasteiger partial charge >= 0.3 is 5.97 Å². The van der Waals surface area contributed by atoms with Crippen molar-refractivity contribution in [2.45, 2.75) is 19.4 Å². The van der Waals surface area contributed by atoms with Gasteiger partial charge in [-0.25, -0.2) is 0 Å². The van der Waals surface area contributed by atoms with Gasteiger partial charge in [-0.1, -0.05) is 12.1 Å². The van der Waals surface area contributed by atoms with E-state index in [1.54, 1.807) is 49.6 Å². The Hall–Kier alpha value is -3.55. The Morgan fingerprint density at radius 1 is 1.17 bits per heavy atom. The van der Waals surface area contributed by atoms with Crippen LogP contribution in [0.2, 0.25) is 0 Å². The Kier molecular flexibility index (Phi) is 6.33. The number of hydrogen-bond donors (Lipinski definition) is 1. The highest BCUT2D eigenvalue weighted by atomic mass is 16.5. The maximum absolute atomic E-state index is 12.2. The molecule has 2 aromatic rings. The molecular weight excluding hydrogens is 376 g/mol. The van der Waals surface area contributed by atoms with Gasteiger partial charge in [0.2, 0.25) is 0 Å². The molecule has 1 unspecified atom stereocenters. The number of benzene rings is 2. The number of anilines is 2. The average Bonchev–Trinajstić information content (AvgIpc) is 2.73. The van der Waals surface area contributed by atoms with Crippen molar-refractivity contribution in [3.63, 3.8) is 0 Å². The predicted octanol–water partition coefficient (Wildman–Crippen LogP) is 2.38. The van der Waals surface area contributed by atoms with Gasteiger partial charge in [-0.05, 0) is 43.3 Å². The fourth-order valence-electron chi connectivity index (χ4n) is 2.83. The summed E-state index contributed by atoms with van der Waals surface area (Å²) < 4.78 is 15.6. The van der Waals surface area contributed by atoms with Crippen molar-refractivity contribution >= 4 is 29.2 Å². The third kappa shape index (κ3) is 5.04. The van der Waals surface area contributed by atoms with Crippen molar-refractivity contribution < 1.29 is 28.6 Å². The minimum atomic E-state index is -0.975. The first-order valence-electron chi connectivity index (χ1n) is 9.14. The van der Waals surface area contributed by atoms with E-state index in [1.165, 1.54) is 11.8 Å². The molecule has 3 rings (SSSR count). The van der Waals surface area contributed by atoms with E-state index < -0.39 is 18.0 Å². The number of nitrogens with one attached hydrogen (secondary N) is 1. The van der Waals surface area contributed by atoms with Gasteiger partial charge in [-0.15, -0.1) is 0 Å². The van der Waals surface area contributed by atoms with Crippen molar-refractivity contribution in [1.29, 1.82) is 0 Å². The van der Waals surface area contributed by atoms with Gasteiger partial charge in [0.15, 0.2) is 12.7 Å². The van der Waals surface area contributed by atoms with Gasteiger partial charge in [-0.2, -0.15) is 0 Å². The molecule has 8 heteroatoms. The molecular formula is C21H22N2O6. The van der Waals surface area contributed by atoms with Crippen LogP contribution in [0.4, 0.5) is 11.4 Å². The fraction of sp³-hybridized carbons (Fsp3) is 0.286. The van der Waals surface area contributed by atoms with Crippen molar-refractivity contribution in [3.05, 3.63) is 48.5 Å². The molecule has 0 saturated carbocycles. The first-order chi connectivity index (χ1) is 14.0. The van der Waals surface area contributed by atoms with Crippen LogP contribution in [0.5, 0.6) is 11.5 Å². The van der Waals surface area contributed by atoms with Crippen LogP contribution < -0.4 is 19.7 Å². The molecule has 1 atom stereocenters. The summed E-state index contributed by atoms with van der Waals surface area (Å²) in [5, 5.41) is 2.67. The smallest absolute Gasteiger partial charge is 0.308 e. The Balaban J connectivity index is 1.51. The number of methoxy groups -OCH3 is 1. The van der Waals surface area contributed by atoms with Crippen molar-refractivity contribution in [1.82, 2.24) is 0 Å². The van der Waals surface area contributed by atoms with E-state index in [-0.39, 0.29) is 25.5 Å². The van der Waals surface area contributed by atoms with Crippen LogP contribution in [0.15, 0.2) is 48.5 Å². The molecule has 8 nitrogen and oxygen atoms in total. The molecule has 1 aliphatic rings. The van der Waals surface area contributed by atoms with Crippen LogP contribution in [0.1, 0.15) is 13.3 Å². The molecule has 1 N–H and O–H groups in total. The highest BCUT2D eigenvalue weighted by Gasteiger charge is 2.26. The summed E-state index contributed by atoms with van der Waals surface area (Å²) in [6.07, 6.45) is -1.02. The number of carbonyl (C=O) groups is 3. The average molecular weight is 398 g/mol. The maximum atomic E-state index is 12.2. The SMILES string of the molecule is COc1ccc(NC(=O)C(C)OC(=O)CCN2C(=O)COc3ccccc32)cc1. The van der Waals surface area contributed by atoms with Gasteiger partial charge in [0.1, 0.15) is 11.5 Å². The summed E-state index contributed by atoms with van der Waals surface area (Å²) in [6.45, 7) is 1.56. The second-order valence-electron chi connectivity index (χ2n) is 6.40. The molecule has 0 fully saturated rings. The second kappa shape index (κ2) is 9.09. The first-order valence-corrected chi connectivity index (χ1v) is 9.14. The van der Waals surface area contributed by atoms with E-state index in [0.717, 1.165) is 0 Å². The van der Waals surface area contributed by atoms with E-state index in [4.69, 9.17) is 14.2 Å². The molecule has 0 bridgehead atoms. The minimum absolute atomic E-state index is 0.0414. The summed E-state index contributed by atoms with van der Waals surface area (Å²) in [7, 11) is 1.55. The summed E-state index contributed by atoms with van der Waals surface area (Å²) in [6, 6.07) is 13.9. The number of nitrogens with zero attached hydrogens (tertiary/aromatic N) is 1. The first kappa shape index (κ1) is 20.2. The van der Waals surface area contributed by atoms with Gasteiger partial charge in [0, 0.05) is 12.2 Å². The highest BCUT2D eigenvalue weighted by molar-refractivity contribution is 5.98. The van der Waals surface area contributed by atoms with Gasteiger partial charge in [0.05, 0.1) is 19.2 Å². The Labute approximate surface area is 168 Å². The zero-order valence-corrected chi connectivity index (χ0v) is 16.2. The largest absolute Gasteiger partial charge is 0.497 e. The topological polar surface area (TPSA) is 94.2 Å². The zero-order valence-electron chi connectivity index (χ0n) is 16.2. The molecule has 0 radical (unpaired) electrons. The van der Waals surface area contributed by atoms with Crippen molar-refractivity contribution in [2.75, 3.05) is 30.5 Å². The van der Waals surface area contributed by atoms with E-state index >= 15 is 0 Å². The van der Waals surface area contributed by atoms with Crippen LogP contribution in [0.3, 0.4) is 0 Å². The molecule has 1 aliphatic heterocycles. The number of carbonyl (C=O) groups excluding carboxylic acids is 3. The normalized spacial score (nSPS) is 13.7. The summed E-state index contributed by atoms with van der Waals surface area (Å²) >= 11 is 0. The molecule has 29 heavy (non-hydrogen) atoms. The van der Waals surface area contributed by atoms with Crippen molar-refractivity contribution in [2.24, 2.45) is 0 Å². The lowest BCUT2D eigenvalue weighted by atomic mass is 10.2. The quantitative estimate of drug-likeness (QED) is 0.720. The van der Waals surface area contributed by atoms with Crippen LogP contribution in [0.25, 0.3) is 0 Å². The lowest BCUT2D eigenvalue weighted by Crippen LogP contribution is -2.40. The minimum Gasteiger partial charge on any atom is -0.497 e. The molecule has 0 aromatic heterocycles. The number of hydrogen-bond acceptors (Lipinski definition) is 6. The standard InChI is InChI=1S/C21H22N2O6/c1-14(21(26)22-15-7-9-16(27-2)10-8-15)29-20(25)11-12-23-17-5-3-4-6-18(17)28-13-19(23)24/h3-10,14H,11-13H2,1-2H3,(H,22,26). The predicted molar refractivity (Wildman–Crippen MR) is 106 cm³/mol. The second-order valence-corrected chi connectivity index (χ2v) is 6.40. The molecule has 0 saturated heterocycles. The molecule has 1 heterocycles. The Morgan fingerprint density at radius 3 is 2.62 bits per heavy atom. The third-order valence-electron chi connectivity index (χ3n) is 4.38. The Morgan fingerprint density at radius 2 is 1.90 bits per heavy atom. The van der Waals surface area contributed by atoms with Crippen LogP contribution >= 0.6 is 0 Å². The zero-order chi connectivity index (χ0) is 20.8. The third-order valence-corrected chi connectivity index (χ3v) is 4.38. The highest BCUT2D eigenvalue weighted by Crippen LogP contribution is 2.31. The van der Waals surface area contributed by atoms with E-state index in [0.29, 0.717) is 22.9 Å². The molecule has 152 valence electrons. The number of esters is 1. The van der Waals surface area contributed by atoms with Crippen LogP contribution in [-0.2, 0) is 19.1 Å². The van der Waals surface area contributed by atoms with Gasteiger partial charge < -0.3 is 24.4 Å². The number of para-hydroxylation sites is 2.